The van der Waals surface area contributed by atoms with E-state index in [1.807, 2.05) is 0 Å². The number of alkyl halides is 1. The molecule has 14 heteroatoms. The number of nitrogens with one attached hydrogen (secondary N) is 1. The van der Waals surface area contributed by atoms with Gasteiger partial charge in [0.2, 0.25) is 0 Å². The van der Waals surface area contributed by atoms with Crippen LogP contribution in [-0.4, -0.2) is 65.2 Å². The summed E-state index contributed by atoms with van der Waals surface area (Å²) in [6, 6.07) is 0. The predicted molar refractivity (Wildman–Crippen MR) is 101 cm³/mol. The molecule has 3 rings (SSSR count). The van der Waals surface area contributed by atoms with Gasteiger partial charge in [-0.15, -0.1) is 0 Å². The third-order valence-electron chi connectivity index (χ3n) is 4.44. The van der Waals surface area contributed by atoms with Crippen LogP contribution in [0.25, 0.3) is 11.2 Å². The molecule has 4 atom stereocenters. The minimum atomic E-state index is -4.02. The zero-order chi connectivity index (χ0) is 21.5. The third kappa shape index (κ3) is 4.77. The van der Waals surface area contributed by atoms with Crippen molar-refractivity contribution in [2.75, 3.05) is 6.61 Å². The van der Waals surface area contributed by atoms with E-state index in [1.165, 1.54) is 4.57 Å². The van der Waals surface area contributed by atoms with Crippen LogP contribution < -0.4 is 5.56 Å². The van der Waals surface area contributed by atoms with Gasteiger partial charge in [0.25, 0.3) is 5.56 Å². The van der Waals surface area contributed by atoms with E-state index in [0.29, 0.717) is 0 Å². The number of ketones is 1. The van der Waals surface area contributed by atoms with Crippen LogP contribution in [0, 0.1) is 5.92 Å². The fraction of sp³-hybridized carbons (Fsp3) is 0.600. The fourth-order valence-electron chi connectivity index (χ4n) is 2.85. The summed E-state index contributed by atoms with van der Waals surface area (Å²) in [5.74, 6) is -0.291. The van der Waals surface area contributed by atoms with Gasteiger partial charge < -0.3 is 29.1 Å². The molecule has 0 radical (unpaired) electrons. The predicted octanol–water partition coefficient (Wildman–Crippen LogP) is -0.291. The first-order valence-electron chi connectivity index (χ1n) is 8.64. The molecule has 160 valence electrons. The van der Waals surface area contributed by atoms with Crippen LogP contribution in [0.5, 0.6) is 0 Å². The van der Waals surface area contributed by atoms with Crippen LogP contribution in [0.3, 0.4) is 0 Å². The number of ether oxygens (including phenoxy) is 1. The molecule has 2 aromatic rings. The maximum Gasteiger partial charge on any atom is 0.321 e. The van der Waals surface area contributed by atoms with Crippen molar-refractivity contribution in [3.05, 3.63) is 22.5 Å². The third-order valence-corrected chi connectivity index (χ3v) is 5.24. The monoisotopic (exact) mass is 450 g/mol. The van der Waals surface area contributed by atoms with Crippen LogP contribution in [0.15, 0.2) is 11.1 Å². The summed E-state index contributed by atoms with van der Waals surface area (Å²) in [5, 5.41) is 10.2. The van der Waals surface area contributed by atoms with Crippen LogP contribution in [0.2, 0.25) is 0 Å². The van der Waals surface area contributed by atoms with E-state index >= 15 is 0 Å². The molecule has 1 fully saturated rings. The fourth-order valence-corrected chi connectivity index (χ4v) is 3.38. The highest BCUT2D eigenvalue weighted by Gasteiger charge is 2.46. The van der Waals surface area contributed by atoms with Gasteiger partial charge in [-0.2, -0.15) is 0 Å². The van der Waals surface area contributed by atoms with Crippen LogP contribution >= 0.6 is 6.72 Å². The highest BCUT2D eigenvalue weighted by Crippen LogP contribution is 2.39. The Balaban J connectivity index is 1.91. The van der Waals surface area contributed by atoms with Crippen LogP contribution in [0.4, 0.5) is 4.39 Å². The van der Waals surface area contributed by atoms with Gasteiger partial charge in [-0.05, 0) is 11.8 Å². The first-order valence-corrected chi connectivity index (χ1v) is 11.3. The maximum absolute atomic E-state index is 14.4. The number of aromatic nitrogens is 4. The molecule has 2 unspecified atom stereocenters. The Morgan fingerprint density at radius 3 is 2.83 bits per heavy atom. The summed E-state index contributed by atoms with van der Waals surface area (Å²) in [6.07, 6.45) is -5.18. The van der Waals surface area contributed by atoms with Crippen LogP contribution in [0.1, 0.15) is 25.9 Å². The smallest absolute Gasteiger partial charge is 0.321 e. The average Bonchev–Trinajstić information content (AvgIpc) is 3.15. The number of carbonyl (C=O) groups is 1. The van der Waals surface area contributed by atoms with Crippen molar-refractivity contribution in [1.29, 1.82) is 0 Å². The zero-order valence-corrected chi connectivity index (χ0v) is 17.1. The van der Waals surface area contributed by atoms with E-state index in [4.69, 9.17) is 14.5 Å². The molecule has 1 saturated heterocycles. The van der Waals surface area contributed by atoms with Gasteiger partial charge in [0.15, 0.2) is 23.6 Å². The van der Waals surface area contributed by atoms with Gasteiger partial charge in [0, 0.05) is 5.92 Å². The van der Waals surface area contributed by atoms with Gasteiger partial charge in [-0.3, -0.25) is 14.2 Å². The Morgan fingerprint density at radius 2 is 2.21 bits per heavy atom. The second-order valence-electron chi connectivity index (χ2n) is 6.92. The molecular formula is C15H20FN4O7PS. The first-order chi connectivity index (χ1) is 13.5. The van der Waals surface area contributed by atoms with Gasteiger partial charge in [0.05, 0.1) is 19.4 Å². The molecule has 0 aliphatic carbocycles. The molecule has 11 nitrogen and oxygen atoms in total. The van der Waals surface area contributed by atoms with Crippen molar-refractivity contribution in [1.82, 2.24) is 19.5 Å². The second-order valence-corrected chi connectivity index (χ2v) is 9.59. The number of imidazole rings is 1. The Labute approximate surface area is 168 Å². The zero-order valence-electron chi connectivity index (χ0n) is 15.4. The van der Waals surface area contributed by atoms with E-state index in [0.717, 1.165) is 6.33 Å². The quantitative estimate of drug-likeness (QED) is 0.413. The lowest BCUT2D eigenvalue weighted by atomic mass is 10.1. The normalized spacial score (nSPS) is 25.2. The number of nitrogens with zero attached hydrogens (tertiary/aromatic N) is 3. The SMILES string of the molecule is CC(C)C(=O)Cc1nc2c(ncn2[C@@H]2O[C@H](COP(O)(O)=S)C(F)C2O)c(=O)[nH]1. The van der Waals surface area contributed by atoms with E-state index in [2.05, 4.69) is 31.3 Å². The maximum atomic E-state index is 14.4. The molecule has 0 aromatic carbocycles. The molecule has 2 aromatic heterocycles. The minimum absolute atomic E-state index is 0.00700. The van der Waals surface area contributed by atoms with Crippen molar-refractivity contribution < 1.29 is 33.3 Å². The summed E-state index contributed by atoms with van der Waals surface area (Å²) in [6.45, 7) is -1.18. The number of aliphatic hydroxyl groups excluding tert-OH is 1. The molecule has 4 N–H and O–H groups in total. The number of aliphatic hydroxyl groups is 1. The number of H-pyrrole nitrogens is 1. The minimum Gasteiger partial charge on any atom is -0.385 e. The van der Waals surface area contributed by atoms with E-state index in [-0.39, 0.29) is 35.1 Å². The van der Waals surface area contributed by atoms with Crippen molar-refractivity contribution >= 4 is 35.5 Å². The Bertz CT molecular complexity index is 1020. The number of hydrogen-bond acceptors (Lipinski definition) is 8. The number of aromatic amines is 1. The molecule has 0 bridgehead atoms. The summed E-state index contributed by atoms with van der Waals surface area (Å²) < 4.78 is 25.6. The molecular weight excluding hydrogens is 430 g/mol. The van der Waals surface area contributed by atoms with Crippen molar-refractivity contribution in [3.63, 3.8) is 0 Å². The number of Topliss-reactive ketones (excluding diaryl/α,β-unsaturated/α-hetero) is 1. The average molecular weight is 450 g/mol. The first kappa shape index (κ1) is 22.1. The van der Waals surface area contributed by atoms with E-state index in [1.54, 1.807) is 13.8 Å². The van der Waals surface area contributed by atoms with Gasteiger partial charge in [0.1, 0.15) is 23.8 Å². The molecule has 1 aliphatic heterocycles. The summed E-state index contributed by atoms with van der Waals surface area (Å²) in [7, 11) is 0. The molecule has 0 amide bonds. The number of carbonyl (C=O) groups excluding carboxylic acids is 1. The second kappa shape index (κ2) is 8.26. The Kier molecular flexibility index (Phi) is 6.30. The lowest BCUT2D eigenvalue weighted by Gasteiger charge is -2.17. The van der Waals surface area contributed by atoms with Crippen LogP contribution in [-0.2, 0) is 32.3 Å². The topological polar surface area (TPSA) is 160 Å². The standard InChI is InChI=1S/C15H20FN4O7PS/c1-6(2)7(21)3-9-18-13-11(14(23)19-9)17-5-20(13)15-12(22)10(16)8(27-15)4-26-28(24,25)29/h5-6,8,10,12,15,22H,3-4H2,1-2H3,(H,18,19,23)(H2,24,25,29)/t8-,10?,12?,15-/m1/s1. The van der Waals surface area contributed by atoms with Crippen molar-refractivity contribution in [3.8, 4) is 0 Å². The lowest BCUT2D eigenvalue weighted by molar-refractivity contribution is -0.121. The largest absolute Gasteiger partial charge is 0.385 e. The molecule has 3 heterocycles. The van der Waals surface area contributed by atoms with Gasteiger partial charge in [-0.1, -0.05) is 13.8 Å². The molecule has 29 heavy (non-hydrogen) atoms. The number of fused-ring (bicyclic) bond motifs is 1. The lowest BCUT2D eigenvalue weighted by Crippen LogP contribution is -2.30. The number of halogens is 1. The number of hydrogen-bond donors (Lipinski definition) is 4. The Hall–Kier alpha value is -1.60. The van der Waals surface area contributed by atoms with Crippen molar-refractivity contribution in [2.45, 2.75) is 44.9 Å². The highest BCUT2D eigenvalue weighted by atomic mass is 32.5. The number of rotatable bonds is 7. The molecule has 0 saturated carbocycles. The summed E-state index contributed by atoms with van der Waals surface area (Å²) in [5.41, 5.74) is -0.656. The van der Waals surface area contributed by atoms with Gasteiger partial charge >= 0.3 is 6.72 Å². The molecule has 1 aliphatic rings. The summed E-state index contributed by atoms with van der Waals surface area (Å²) in [4.78, 5) is 53.1. The molecule has 0 spiro atoms. The van der Waals surface area contributed by atoms with Crippen molar-refractivity contribution in [2.24, 2.45) is 5.92 Å². The summed E-state index contributed by atoms with van der Waals surface area (Å²) >= 11 is 4.31. The van der Waals surface area contributed by atoms with E-state index < -0.39 is 43.5 Å². The Morgan fingerprint density at radius 1 is 1.52 bits per heavy atom. The van der Waals surface area contributed by atoms with Gasteiger partial charge in [-0.25, -0.2) is 14.4 Å². The highest BCUT2D eigenvalue weighted by molar-refractivity contribution is 8.06. The van der Waals surface area contributed by atoms with E-state index in [9.17, 15) is 19.1 Å².